The van der Waals surface area contributed by atoms with E-state index in [1.54, 1.807) is 0 Å². The fraction of sp³-hybridized carbons (Fsp3) is 0.500. The van der Waals surface area contributed by atoms with Crippen LogP contribution in [-0.2, 0) is 11.3 Å². The van der Waals surface area contributed by atoms with E-state index in [0.717, 1.165) is 12.0 Å². The molecule has 3 N–H and O–H groups in total. The van der Waals surface area contributed by atoms with Crippen molar-refractivity contribution < 1.29 is 4.79 Å². The molecule has 1 atom stereocenters. The van der Waals surface area contributed by atoms with E-state index in [9.17, 15) is 4.79 Å². The first-order chi connectivity index (χ1) is 11.0. The van der Waals surface area contributed by atoms with Crippen LogP contribution in [0.3, 0.4) is 0 Å². The molecule has 0 saturated heterocycles. The number of nitrogens with one attached hydrogen (secondary N) is 1. The van der Waals surface area contributed by atoms with E-state index in [2.05, 4.69) is 34.6 Å². The lowest BCUT2D eigenvalue weighted by Gasteiger charge is -2.18. The van der Waals surface area contributed by atoms with Crippen LogP contribution in [0.1, 0.15) is 25.8 Å². The zero-order valence-electron chi connectivity index (χ0n) is 13.9. The van der Waals surface area contributed by atoms with Crippen molar-refractivity contribution in [2.75, 3.05) is 6.54 Å². The summed E-state index contributed by atoms with van der Waals surface area (Å²) in [4.78, 5) is 13.4. The van der Waals surface area contributed by atoms with Gasteiger partial charge in [0.15, 0.2) is 0 Å². The maximum Gasteiger partial charge on any atom is 0.243 e. The Labute approximate surface area is 136 Å². The normalized spacial score (nSPS) is 12.4. The minimum absolute atomic E-state index is 0.0254. The number of aromatic nitrogens is 4. The smallest absolute Gasteiger partial charge is 0.243 e. The molecule has 0 bridgehead atoms. The molecule has 124 valence electrons. The quantitative estimate of drug-likeness (QED) is 0.798. The van der Waals surface area contributed by atoms with E-state index in [1.165, 1.54) is 10.4 Å². The predicted molar refractivity (Wildman–Crippen MR) is 88.4 cm³/mol. The molecule has 1 unspecified atom stereocenters. The van der Waals surface area contributed by atoms with E-state index >= 15 is 0 Å². The molecule has 1 heterocycles. The maximum atomic E-state index is 12.1. The van der Waals surface area contributed by atoms with Gasteiger partial charge < -0.3 is 11.1 Å². The Kier molecular flexibility index (Phi) is 5.81. The van der Waals surface area contributed by atoms with Gasteiger partial charge in [0.05, 0.1) is 0 Å². The fourth-order valence-corrected chi connectivity index (χ4v) is 2.31. The van der Waals surface area contributed by atoms with Crippen molar-refractivity contribution in [1.29, 1.82) is 0 Å². The van der Waals surface area contributed by atoms with Crippen LogP contribution in [0.2, 0.25) is 0 Å². The van der Waals surface area contributed by atoms with Crippen LogP contribution in [-0.4, -0.2) is 38.7 Å². The Balaban J connectivity index is 1.95. The second-order valence-electron chi connectivity index (χ2n) is 6.14. The summed E-state index contributed by atoms with van der Waals surface area (Å²) >= 11 is 0. The predicted octanol–water partition coefficient (Wildman–Crippen LogP) is 1.14. The van der Waals surface area contributed by atoms with Gasteiger partial charge in [0.2, 0.25) is 11.7 Å². The van der Waals surface area contributed by atoms with Crippen LogP contribution in [0.5, 0.6) is 0 Å². The van der Waals surface area contributed by atoms with Gasteiger partial charge in [-0.15, -0.1) is 10.2 Å². The Morgan fingerprint density at radius 3 is 2.61 bits per heavy atom. The number of carbonyl (C=O) groups excluding carboxylic acids is 1. The number of nitrogens with two attached hydrogens (primary N) is 1. The number of amides is 1. The third-order valence-corrected chi connectivity index (χ3v) is 3.45. The van der Waals surface area contributed by atoms with Crippen LogP contribution >= 0.6 is 0 Å². The molecule has 7 nitrogen and oxygen atoms in total. The van der Waals surface area contributed by atoms with Crippen LogP contribution in [0.15, 0.2) is 24.3 Å². The standard InChI is InChI=1S/C16H24N6O/c1-11(2)8-14(9-17)18-15(23)10-22-20-16(19-21-22)13-6-4-12(3)5-7-13/h4-7,11,14H,8-10,17H2,1-3H3,(H,18,23). The average Bonchev–Trinajstić information content (AvgIpc) is 2.95. The molecule has 0 saturated carbocycles. The first kappa shape index (κ1) is 17.1. The number of aryl methyl sites for hydroxylation is 1. The molecule has 0 fully saturated rings. The third kappa shape index (κ3) is 5.14. The first-order valence-corrected chi connectivity index (χ1v) is 7.82. The number of rotatable bonds is 7. The Morgan fingerprint density at radius 1 is 1.30 bits per heavy atom. The summed E-state index contributed by atoms with van der Waals surface area (Å²) in [7, 11) is 0. The molecule has 0 aliphatic heterocycles. The Bertz CT molecular complexity index is 634. The highest BCUT2D eigenvalue weighted by molar-refractivity contribution is 5.75. The minimum atomic E-state index is -0.158. The summed E-state index contributed by atoms with van der Waals surface area (Å²) in [6, 6.07) is 7.82. The van der Waals surface area contributed by atoms with E-state index in [0.29, 0.717) is 18.3 Å². The molecule has 7 heteroatoms. The Hall–Kier alpha value is -2.28. The molecule has 1 aromatic heterocycles. The lowest BCUT2D eigenvalue weighted by molar-refractivity contribution is -0.122. The fourth-order valence-electron chi connectivity index (χ4n) is 2.31. The van der Waals surface area contributed by atoms with Gasteiger partial charge in [-0.2, -0.15) is 4.80 Å². The number of tetrazole rings is 1. The maximum absolute atomic E-state index is 12.1. The summed E-state index contributed by atoms with van der Waals surface area (Å²) in [6.45, 7) is 6.67. The topological polar surface area (TPSA) is 98.7 Å². The molecule has 0 aliphatic carbocycles. The molecule has 2 aromatic rings. The summed E-state index contributed by atoms with van der Waals surface area (Å²) in [6.07, 6.45) is 0.849. The van der Waals surface area contributed by atoms with Crippen LogP contribution in [0, 0.1) is 12.8 Å². The molecule has 0 radical (unpaired) electrons. The monoisotopic (exact) mass is 316 g/mol. The van der Waals surface area contributed by atoms with Gasteiger partial charge >= 0.3 is 0 Å². The van der Waals surface area contributed by atoms with Crippen LogP contribution in [0.25, 0.3) is 11.4 Å². The van der Waals surface area contributed by atoms with Crippen molar-refractivity contribution in [1.82, 2.24) is 25.5 Å². The first-order valence-electron chi connectivity index (χ1n) is 7.82. The number of hydrogen-bond donors (Lipinski definition) is 2. The third-order valence-electron chi connectivity index (χ3n) is 3.45. The number of carbonyl (C=O) groups is 1. The molecule has 2 rings (SSSR count). The van der Waals surface area contributed by atoms with E-state index in [1.807, 2.05) is 31.2 Å². The SMILES string of the molecule is Cc1ccc(-c2nnn(CC(=O)NC(CN)CC(C)C)n2)cc1. The van der Waals surface area contributed by atoms with Gasteiger partial charge in [-0.3, -0.25) is 4.79 Å². The van der Waals surface area contributed by atoms with Crippen molar-refractivity contribution >= 4 is 5.91 Å². The summed E-state index contributed by atoms with van der Waals surface area (Å²) in [5, 5.41) is 15.1. The second kappa shape index (κ2) is 7.82. The highest BCUT2D eigenvalue weighted by Crippen LogP contribution is 2.13. The largest absolute Gasteiger partial charge is 0.350 e. The van der Waals surface area contributed by atoms with Crippen molar-refractivity contribution in [2.24, 2.45) is 11.7 Å². The molecular weight excluding hydrogens is 292 g/mol. The number of nitrogens with zero attached hydrogens (tertiary/aromatic N) is 4. The molecule has 0 spiro atoms. The number of benzene rings is 1. The van der Waals surface area contributed by atoms with E-state index in [4.69, 9.17) is 5.73 Å². The zero-order chi connectivity index (χ0) is 16.8. The van der Waals surface area contributed by atoms with Crippen molar-refractivity contribution in [2.45, 2.75) is 39.8 Å². The van der Waals surface area contributed by atoms with Crippen molar-refractivity contribution in [3.63, 3.8) is 0 Å². The average molecular weight is 316 g/mol. The van der Waals surface area contributed by atoms with Gasteiger partial charge in [-0.25, -0.2) is 0 Å². The van der Waals surface area contributed by atoms with Crippen molar-refractivity contribution in [3.8, 4) is 11.4 Å². The molecule has 23 heavy (non-hydrogen) atoms. The second-order valence-corrected chi connectivity index (χ2v) is 6.14. The Morgan fingerprint density at radius 2 is 2.00 bits per heavy atom. The minimum Gasteiger partial charge on any atom is -0.350 e. The van der Waals surface area contributed by atoms with Crippen LogP contribution in [0.4, 0.5) is 0 Å². The molecule has 0 aliphatic rings. The summed E-state index contributed by atoms with van der Waals surface area (Å²) in [5.41, 5.74) is 7.73. The summed E-state index contributed by atoms with van der Waals surface area (Å²) < 4.78 is 0. The summed E-state index contributed by atoms with van der Waals surface area (Å²) in [5.74, 6) is 0.825. The van der Waals surface area contributed by atoms with Gasteiger partial charge in [-0.1, -0.05) is 43.7 Å². The lowest BCUT2D eigenvalue weighted by Crippen LogP contribution is -2.42. The van der Waals surface area contributed by atoms with E-state index in [-0.39, 0.29) is 18.5 Å². The van der Waals surface area contributed by atoms with Gasteiger partial charge in [0, 0.05) is 18.2 Å². The zero-order valence-corrected chi connectivity index (χ0v) is 13.9. The lowest BCUT2D eigenvalue weighted by atomic mass is 10.0. The van der Waals surface area contributed by atoms with Gasteiger partial charge in [-0.05, 0) is 24.5 Å². The van der Waals surface area contributed by atoms with Crippen LogP contribution < -0.4 is 11.1 Å². The van der Waals surface area contributed by atoms with Crippen molar-refractivity contribution in [3.05, 3.63) is 29.8 Å². The van der Waals surface area contributed by atoms with Gasteiger partial charge in [0.25, 0.3) is 0 Å². The molecular formula is C16H24N6O. The molecule has 1 aromatic carbocycles. The highest BCUT2D eigenvalue weighted by atomic mass is 16.2. The van der Waals surface area contributed by atoms with Gasteiger partial charge in [0.1, 0.15) is 6.54 Å². The number of hydrogen-bond acceptors (Lipinski definition) is 5. The molecule has 1 amide bonds. The van der Waals surface area contributed by atoms with E-state index < -0.39 is 0 Å². The highest BCUT2D eigenvalue weighted by Gasteiger charge is 2.14.